The second-order valence-corrected chi connectivity index (χ2v) is 3.30. The van der Waals surface area contributed by atoms with Gasteiger partial charge < -0.3 is 4.74 Å². The second-order valence-electron chi connectivity index (χ2n) is 3.30. The molecule has 0 N–H and O–H groups in total. The van der Waals surface area contributed by atoms with E-state index in [-0.39, 0.29) is 11.8 Å². The molecule has 14 heavy (non-hydrogen) atoms. The summed E-state index contributed by atoms with van der Waals surface area (Å²) >= 11 is 0. The van der Waals surface area contributed by atoms with Crippen LogP contribution in [0.3, 0.4) is 0 Å². The number of para-hydroxylation sites is 1. The van der Waals surface area contributed by atoms with E-state index in [0.29, 0.717) is 6.73 Å². The third kappa shape index (κ3) is 0.878. The fourth-order valence-electron chi connectivity index (χ4n) is 1.81. The van der Waals surface area contributed by atoms with Gasteiger partial charge in [-0.05, 0) is 6.07 Å². The predicted octanol–water partition coefficient (Wildman–Crippen LogP) is 0.948. The van der Waals surface area contributed by atoms with Crippen LogP contribution >= 0.6 is 0 Å². The third-order valence-corrected chi connectivity index (χ3v) is 2.47. The van der Waals surface area contributed by atoms with Crippen molar-refractivity contribution in [3.8, 4) is 5.75 Å². The molecule has 70 valence electrons. The number of ether oxygens (including phenoxy) is 1. The van der Waals surface area contributed by atoms with E-state index in [1.165, 1.54) is 6.21 Å². The first-order chi connectivity index (χ1) is 6.86. The summed E-state index contributed by atoms with van der Waals surface area (Å²) in [5, 5.41) is 5.63. The number of carbonyl (C=O) groups excluding carboxylic acids is 1. The quantitative estimate of drug-likeness (QED) is 0.608. The lowest BCUT2D eigenvalue weighted by atomic mass is 10.0. The Balaban J connectivity index is 2.13. The highest BCUT2D eigenvalue weighted by atomic mass is 16.5. The molecule has 1 aromatic rings. The molecule has 0 saturated carbocycles. The predicted molar refractivity (Wildman–Crippen MR) is 50.0 cm³/mol. The maximum absolute atomic E-state index is 11.5. The van der Waals surface area contributed by atoms with E-state index in [1.807, 2.05) is 24.3 Å². The van der Waals surface area contributed by atoms with Crippen molar-refractivity contribution in [2.45, 2.75) is 6.04 Å². The average molecular weight is 188 g/mol. The van der Waals surface area contributed by atoms with E-state index >= 15 is 0 Å². The maximum Gasteiger partial charge on any atom is 0.204 e. The number of carbonyl (C=O) groups is 1. The average Bonchev–Trinajstić information content (AvgIpc) is 2.61. The summed E-state index contributed by atoms with van der Waals surface area (Å²) in [7, 11) is 0. The van der Waals surface area contributed by atoms with Gasteiger partial charge in [-0.2, -0.15) is 5.10 Å². The number of nitrogens with zero attached hydrogens (tertiary/aromatic N) is 2. The molecular weight excluding hydrogens is 180 g/mol. The standard InChI is InChI=1S/C10H8N2O2/c13-8-5-11-12-6-14-9-4-2-1-3-7(9)10(8)12/h1-5,10H,6H2. The van der Waals surface area contributed by atoms with Crippen molar-refractivity contribution in [2.24, 2.45) is 5.10 Å². The Morgan fingerprint density at radius 3 is 3.21 bits per heavy atom. The molecule has 1 atom stereocenters. The highest BCUT2D eigenvalue weighted by Gasteiger charge is 2.35. The van der Waals surface area contributed by atoms with Gasteiger partial charge in [0.1, 0.15) is 11.8 Å². The summed E-state index contributed by atoms with van der Waals surface area (Å²) in [6.07, 6.45) is 1.36. The summed E-state index contributed by atoms with van der Waals surface area (Å²) in [4.78, 5) is 11.5. The molecule has 4 heteroatoms. The molecule has 0 amide bonds. The molecule has 0 aliphatic carbocycles. The first-order valence-corrected chi connectivity index (χ1v) is 4.42. The Hall–Kier alpha value is -1.84. The molecule has 0 aromatic heterocycles. The van der Waals surface area contributed by atoms with Crippen LogP contribution in [0.1, 0.15) is 11.6 Å². The van der Waals surface area contributed by atoms with Crippen LogP contribution in [-0.4, -0.2) is 23.7 Å². The SMILES string of the molecule is O=C1C=NN2COc3ccccc3C12. The van der Waals surface area contributed by atoms with E-state index in [4.69, 9.17) is 4.74 Å². The van der Waals surface area contributed by atoms with Gasteiger partial charge >= 0.3 is 0 Å². The first kappa shape index (κ1) is 7.55. The Morgan fingerprint density at radius 1 is 1.43 bits per heavy atom. The first-order valence-electron chi connectivity index (χ1n) is 4.42. The zero-order chi connectivity index (χ0) is 9.54. The van der Waals surface area contributed by atoms with Gasteiger partial charge in [-0.15, -0.1) is 0 Å². The van der Waals surface area contributed by atoms with Gasteiger partial charge in [0.2, 0.25) is 5.78 Å². The molecular formula is C10H8N2O2. The van der Waals surface area contributed by atoms with Crippen molar-refractivity contribution in [2.75, 3.05) is 6.73 Å². The molecule has 0 spiro atoms. The van der Waals surface area contributed by atoms with Gasteiger partial charge in [-0.3, -0.25) is 4.79 Å². The van der Waals surface area contributed by atoms with Gasteiger partial charge in [0.25, 0.3) is 0 Å². The van der Waals surface area contributed by atoms with E-state index in [0.717, 1.165) is 11.3 Å². The molecule has 0 bridgehead atoms. The molecule has 4 nitrogen and oxygen atoms in total. The summed E-state index contributed by atoms with van der Waals surface area (Å²) in [5.74, 6) is 0.813. The van der Waals surface area contributed by atoms with Crippen LogP contribution in [0, 0.1) is 0 Å². The summed E-state index contributed by atoms with van der Waals surface area (Å²) in [6.45, 7) is 0.351. The monoisotopic (exact) mass is 188 g/mol. The number of benzene rings is 1. The summed E-state index contributed by atoms with van der Waals surface area (Å²) in [6, 6.07) is 7.31. The number of hydrogen-bond donors (Lipinski definition) is 0. The minimum atomic E-state index is -0.264. The van der Waals surface area contributed by atoms with Crippen LogP contribution in [0.4, 0.5) is 0 Å². The van der Waals surface area contributed by atoms with Crippen LogP contribution in [0.15, 0.2) is 29.4 Å². The number of fused-ring (bicyclic) bond motifs is 3. The van der Waals surface area contributed by atoms with Crippen LogP contribution in [-0.2, 0) is 4.79 Å². The van der Waals surface area contributed by atoms with E-state index in [1.54, 1.807) is 5.01 Å². The number of Topliss-reactive ketones (excluding diaryl/α,β-unsaturated/α-hetero) is 1. The minimum absolute atomic E-state index is 0.0285. The van der Waals surface area contributed by atoms with Crippen molar-refractivity contribution >= 4 is 12.0 Å². The van der Waals surface area contributed by atoms with Crippen molar-refractivity contribution in [3.05, 3.63) is 29.8 Å². The number of rotatable bonds is 0. The summed E-state index contributed by atoms with van der Waals surface area (Å²) < 4.78 is 5.45. The van der Waals surface area contributed by atoms with Gasteiger partial charge in [-0.25, -0.2) is 5.01 Å². The van der Waals surface area contributed by atoms with Gasteiger partial charge in [0.05, 0.1) is 6.21 Å². The number of ketones is 1. The third-order valence-electron chi connectivity index (χ3n) is 2.47. The highest BCUT2D eigenvalue weighted by Crippen LogP contribution is 2.35. The fraction of sp³-hybridized carbons (Fsp3) is 0.200. The Bertz CT molecular complexity index is 428. The lowest BCUT2D eigenvalue weighted by Gasteiger charge is -2.29. The summed E-state index contributed by atoms with van der Waals surface area (Å²) in [5.41, 5.74) is 0.904. The Kier molecular flexibility index (Phi) is 1.39. The van der Waals surface area contributed by atoms with E-state index in [9.17, 15) is 4.79 Å². The van der Waals surface area contributed by atoms with Gasteiger partial charge in [0.15, 0.2) is 6.73 Å². The molecule has 2 aliphatic heterocycles. The minimum Gasteiger partial charge on any atom is -0.471 e. The fourth-order valence-corrected chi connectivity index (χ4v) is 1.81. The Labute approximate surface area is 80.8 Å². The second kappa shape index (κ2) is 2.57. The zero-order valence-corrected chi connectivity index (χ0v) is 7.38. The van der Waals surface area contributed by atoms with Crippen LogP contribution in [0.25, 0.3) is 0 Å². The number of hydrazone groups is 1. The molecule has 0 saturated heterocycles. The molecule has 0 fully saturated rings. The highest BCUT2D eigenvalue weighted by molar-refractivity contribution is 6.31. The molecule has 1 unspecified atom stereocenters. The Morgan fingerprint density at radius 2 is 2.29 bits per heavy atom. The molecule has 3 rings (SSSR count). The molecule has 1 aromatic carbocycles. The smallest absolute Gasteiger partial charge is 0.204 e. The van der Waals surface area contributed by atoms with Crippen molar-refractivity contribution in [1.29, 1.82) is 0 Å². The zero-order valence-electron chi connectivity index (χ0n) is 7.38. The van der Waals surface area contributed by atoms with E-state index < -0.39 is 0 Å². The van der Waals surface area contributed by atoms with E-state index in [2.05, 4.69) is 5.10 Å². The largest absolute Gasteiger partial charge is 0.471 e. The molecule has 0 radical (unpaired) electrons. The van der Waals surface area contributed by atoms with Gasteiger partial charge in [0, 0.05) is 5.56 Å². The lowest BCUT2D eigenvalue weighted by molar-refractivity contribution is -0.117. The lowest BCUT2D eigenvalue weighted by Crippen LogP contribution is -2.32. The van der Waals surface area contributed by atoms with Crippen LogP contribution < -0.4 is 4.74 Å². The van der Waals surface area contributed by atoms with Crippen LogP contribution in [0.5, 0.6) is 5.75 Å². The molecule has 2 heterocycles. The van der Waals surface area contributed by atoms with Crippen LogP contribution in [0.2, 0.25) is 0 Å². The normalized spacial score (nSPS) is 23.0. The van der Waals surface area contributed by atoms with Gasteiger partial charge in [-0.1, -0.05) is 18.2 Å². The molecule has 2 aliphatic rings. The topological polar surface area (TPSA) is 41.9 Å². The van der Waals surface area contributed by atoms with Crippen molar-refractivity contribution in [1.82, 2.24) is 5.01 Å². The maximum atomic E-state index is 11.5. The number of hydrogen-bond acceptors (Lipinski definition) is 4. The van der Waals surface area contributed by atoms with Crippen molar-refractivity contribution < 1.29 is 9.53 Å². The van der Waals surface area contributed by atoms with Crippen molar-refractivity contribution in [3.63, 3.8) is 0 Å².